The fourth-order valence-corrected chi connectivity index (χ4v) is 2.35. The van der Waals surface area contributed by atoms with E-state index in [-0.39, 0.29) is 0 Å². The molecule has 0 amide bonds. The van der Waals surface area contributed by atoms with Gasteiger partial charge < -0.3 is 4.90 Å². The van der Waals surface area contributed by atoms with E-state index in [4.69, 9.17) is 0 Å². The van der Waals surface area contributed by atoms with Crippen LogP contribution in [0.15, 0.2) is 48.8 Å². The van der Waals surface area contributed by atoms with E-state index < -0.39 is 0 Å². The number of fused-ring (bicyclic) bond motifs is 1. The lowest BCUT2D eigenvalue weighted by Gasteiger charge is -2.19. The summed E-state index contributed by atoms with van der Waals surface area (Å²) in [7, 11) is 2.05. The molecule has 0 aliphatic carbocycles. The molecule has 4 nitrogen and oxygen atoms in total. The van der Waals surface area contributed by atoms with Gasteiger partial charge in [-0.2, -0.15) is 0 Å². The Labute approximate surface area is 124 Å². The van der Waals surface area contributed by atoms with Crippen LogP contribution in [0.3, 0.4) is 0 Å². The minimum atomic E-state index is 0.869. The van der Waals surface area contributed by atoms with Crippen molar-refractivity contribution in [1.29, 1.82) is 0 Å². The molecule has 2 heterocycles. The molecule has 0 atom stereocenters. The zero-order valence-corrected chi connectivity index (χ0v) is 12.3. The van der Waals surface area contributed by atoms with E-state index in [1.54, 1.807) is 6.33 Å². The van der Waals surface area contributed by atoms with Crippen LogP contribution in [-0.2, 0) is 6.42 Å². The predicted molar refractivity (Wildman–Crippen MR) is 85.5 cm³/mol. The van der Waals surface area contributed by atoms with Crippen LogP contribution in [0, 0.1) is 6.92 Å². The smallest absolute Gasteiger partial charge is 0.158 e. The van der Waals surface area contributed by atoms with Crippen molar-refractivity contribution < 1.29 is 0 Å². The number of nitrogens with zero attached hydrogens (tertiary/aromatic N) is 4. The van der Waals surface area contributed by atoms with E-state index in [1.165, 1.54) is 5.56 Å². The molecule has 0 aliphatic heterocycles. The van der Waals surface area contributed by atoms with Crippen molar-refractivity contribution >= 4 is 16.9 Å². The number of benzene rings is 1. The molecule has 4 heteroatoms. The number of likely N-dealkylation sites (N-methyl/N-ethyl adjacent to an activating group) is 1. The van der Waals surface area contributed by atoms with Crippen LogP contribution < -0.4 is 4.90 Å². The van der Waals surface area contributed by atoms with E-state index >= 15 is 0 Å². The molecule has 0 saturated heterocycles. The van der Waals surface area contributed by atoms with E-state index in [0.29, 0.717) is 0 Å². The van der Waals surface area contributed by atoms with Gasteiger partial charge in [-0.05, 0) is 31.0 Å². The maximum Gasteiger partial charge on any atom is 0.158 e. The number of pyridine rings is 1. The molecule has 2 aromatic heterocycles. The fraction of sp³-hybridized carbons (Fsp3) is 0.235. The first-order valence-electron chi connectivity index (χ1n) is 7.07. The molecule has 1 aromatic carbocycles. The number of hydrogen-bond acceptors (Lipinski definition) is 4. The minimum absolute atomic E-state index is 0.869. The quantitative estimate of drug-likeness (QED) is 0.735. The first-order valence-corrected chi connectivity index (χ1v) is 7.07. The van der Waals surface area contributed by atoms with Gasteiger partial charge in [0, 0.05) is 19.3 Å². The molecule has 0 N–H and O–H groups in total. The summed E-state index contributed by atoms with van der Waals surface area (Å²) in [5, 5.41) is 0. The minimum Gasteiger partial charge on any atom is -0.357 e. The second-order valence-corrected chi connectivity index (χ2v) is 5.17. The van der Waals surface area contributed by atoms with Crippen molar-refractivity contribution in [3.05, 3.63) is 60.0 Å². The Morgan fingerprint density at radius 3 is 2.62 bits per heavy atom. The maximum atomic E-state index is 4.59. The summed E-state index contributed by atoms with van der Waals surface area (Å²) in [5.41, 5.74) is 4.06. The summed E-state index contributed by atoms with van der Waals surface area (Å²) in [6, 6.07) is 14.4. The monoisotopic (exact) mass is 278 g/mol. The van der Waals surface area contributed by atoms with Crippen LogP contribution in [0.1, 0.15) is 11.3 Å². The Hall–Kier alpha value is -2.49. The Morgan fingerprint density at radius 1 is 1.00 bits per heavy atom. The van der Waals surface area contributed by atoms with Gasteiger partial charge in [0.05, 0.1) is 5.52 Å². The third-order valence-corrected chi connectivity index (χ3v) is 3.54. The van der Waals surface area contributed by atoms with Gasteiger partial charge >= 0.3 is 0 Å². The van der Waals surface area contributed by atoms with Gasteiger partial charge in [0.2, 0.25) is 0 Å². The first-order chi connectivity index (χ1) is 10.2. The van der Waals surface area contributed by atoms with Crippen LogP contribution in [0.25, 0.3) is 11.0 Å². The summed E-state index contributed by atoms with van der Waals surface area (Å²) in [5.74, 6) is 0.889. The van der Waals surface area contributed by atoms with Crippen molar-refractivity contribution in [2.24, 2.45) is 0 Å². The fourth-order valence-electron chi connectivity index (χ4n) is 2.35. The van der Waals surface area contributed by atoms with Gasteiger partial charge in [-0.15, -0.1) is 0 Å². The molecular weight excluding hydrogens is 260 g/mol. The lowest BCUT2D eigenvalue weighted by molar-refractivity contribution is 0.859. The van der Waals surface area contributed by atoms with E-state index in [9.17, 15) is 0 Å². The molecule has 0 bridgehead atoms. The van der Waals surface area contributed by atoms with Gasteiger partial charge in [0.25, 0.3) is 0 Å². The molecule has 3 rings (SSSR count). The van der Waals surface area contributed by atoms with Crippen LogP contribution in [0.5, 0.6) is 0 Å². The van der Waals surface area contributed by atoms with Gasteiger partial charge in [-0.25, -0.2) is 15.0 Å². The van der Waals surface area contributed by atoms with Gasteiger partial charge in [-0.1, -0.05) is 30.3 Å². The van der Waals surface area contributed by atoms with Crippen LogP contribution in [0.2, 0.25) is 0 Å². The van der Waals surface area contributed by atoms with E-state index in [2.05, 4.69) is 51.2 Å². The molecule has 0 aliphatic rings. The maximum absolute atomic E-state index is 4.59. The SMILES string of the molecule is Cc1ccc2ncnc(N(C)CCc3ccccc3)c2n1. The summed E-state index contributed by atoms with van der Waals surface area (Å²) in [6.07, 6.45) is 2.59. The van der Waals surface area contributed by atoms with Crippen LogP contribution >= 0.6 is 0 Å². The highest BCUT2D eigenvalue weighted by Crippen LogP contribution is 2.20. The molecule has 106 valence electrons. The van der Waals surface area contributed by atoms with Gasteiger partial charge in [0.1, 0.15) is 11.8 Å². The van der Waals surface area contributed by atoms with Crippen molar-refractivity contribution in [3.63, 3.8) is 0 Å². The first kappa shape index (κ1) is 13.5. The molecule has 3 aromatic rings. The van der Waals surface area contributed by atoms with E-state index in [1.807, 2.05) is 25.1 Å². The van der Waals surface area contributed by atoms with Crippen molar-refractivity contribution in [2.45, 2.75) is 13.3 Å². The normalized spacial score (nSPS) is 10.8. The topological polar surface area (TPSA) is 41.9 Å². The molecule has 0 fully saturated rings. The number of hydrogen-bond donors (Lipinski definition) is 0. The number of anilines is 1. The third-order valence-electron chi connectivity index (χ3n) is 3.54. The lowest BCUT2D eigenvalue weighted by atomic mass is 10.1. The molecule has 0 saturated carbocycles. The predicted octanol–water partition coefficient (Wildman–Crippen LogP) is 3.01. The molecule has 0 spiro atoms. The summed E-state index contributed by atoms with van der Waals surface area (Å²) in [4.78, 5) is 15.4. The molecule has 0 radical (unpaired) electrons. The van der Waals surface area contributed by atoms with Crippen LogP contribution in [-0.4, -0.2) is 28.5 Å². The number of aryl methyl sites for hydroxylation is 1. The Kier molecular flexibility index (Phi) is 3.77. The van der Waals surface area contributed by atoms with Gasteiger partial charge in [0.15, 0.2) is 5.82 Å². The average molecular weight is 278 g/mol. The lowest BCUT2D eigenvalue weighted by Crippen LogP contribution is -2.22. The highest BCUT2D eigenvalue weighted by molar-refractivity contribution is 5.85. The van der Waals surface area contributed by atoms with Gasteiger partial charge in [-0.3, -0.25) is 0 Å². The zero-order chi connectivity index (χ0) is 14.7. The second kappa shape index (κ2) is 5.87. The van der Waals surface area contributed by atoms with Crippen molar-refractivity contribution in [1.82, 2.24) is 15.0 Å². The third kappa shape index (κ3) is 2.99. The summed E-state index contributed by atoms with van der Waals surface area (Å²) >= 11 is 0. The average Bonchev–Trinajstić information content (AvgIpc) is 2.53. The summed E-state index contributed by atoms with van der Waals surface area (Å²) < 4.78 is 0. The summed E-state index contributed by atoms with van der Waals surface area (Å²) in [6.45, 7) is 2.88. The Bertz CT molecular complexity index is 740. The van der Waals surface area contributed by atoms with Crippen LogP contribution in [0.4, 0.5) is 5.82 Å². The highest BCUT2D eigenvalue weighted by Gasteiger charge is 2.10. The largest absolute Gasteiger partial charge is 0.357 e. The zero-order valence-electron chi connectivity index (χ0n) is 12.3. The molecule has 0 unspecified atom stereocenters. The second-order valence-electron chi connectivity index (χ2n) is 5.17. The number of aromatic nitrogens is 3. The molecular formula is C17H18N4. The Morgan fingerprint density at radius 2 is 1.81 bits per heavy atom. The van der Waals surface area contributed by atoms with Crippen molar-refractivity contribution in [2.75, 3.05) is 18.5 Å². The van der Waals surface area contributed by atoms with Crippen molar-refractivity contribution in [3.8, 4) is 0 Å². The number of rotatable bonds is 4. The molecule has 21 heavy (non-hydrogen) atoms. The standard InChI is InChI=1S/C17H18N4/c1-13-8-9-15-16(20-13)17(19-12-18-15)21(2)11-10-14-6-4-3-5-7-14/h3-9,12H,10-11H2,1-2H3. The highest BCUT2D eigenvalue weighted by atomic mass is 15.2. The Balaban J connectivity index is 1.84. The van der Waals surface area contributed by atoms with E-state index in [0.717, 1.165) is 35.5 Å².